The number of primary amides is 1. The molecule has 0 atom stereocenters. The topological polar surface area (TPSA) is 113 Å². The summed E-state index contributed by atoms with van der Waals surface area (Å²) < 4.78 is 1.96. The highest BCUT2D eigenvalue weighted by atomic mass is 16.1. The highest BCUT2D eigenvalue weighted by Crippen LogP contribution is 2.26. The second kappa shape index (κ2) is 8.04. The van der Waals surface area contributed by atoms with Crippen molar-refractivity contribution in [1.82, 2.24) is 24.7 Å². The van der Waals surface area contributed by atoms with Crippen LogP contribution in [-0.4, -0.2) is 51.4 Å². The average molecular weight is 414 g/mol. The highest BCUT2D eigenvalue weighted by Gasteiger charge is 2.13. The number of imidazole rings is 1. The van der Waals surface area contributed by atoms with Crippen LogP contribution in [0.5, 0.6) is 0 Å². The van der Waals surface area contributed by atoms with Crippen molar-refractivity contribution in [2.24, 2.45) is 5.73 Å². The summed E-state index contributed by atoms with van der Waals surface area (Å²) in [7, 11) is 0. The number of pyridine rings is 1. The first-order chi connectivity index (χ1) is 15.2. The van der Waals surface area contributed by atoms with Gasteiger partial charge in [-0.2, -0.15) is 0 Å². The van der Waals surface area contributed by atoms with Gasteiger partial charge in [-0.25, -0.2) is 15.0 Å². The molecular formula is C22H22N8O. The number of hydrogen-bond acceptors (Lipinski definition) is 7. The van der Waals surface area contributed by atoms with Gasteiger partial charge in [0.05, 0.1) is 23.8 Å². The summed E-state index contributed by atoms with van der Waals surface area (Å²) in [6.45, 7) is 3.86. The Morgan fingerprint density at radius 2 is 1.81 bits per heavy atom. The van der Waals surface area contributed by atoms with Gasteiger partial charge in [-0.3, -0.25) is 9.20 Å². The number of nitrogens with zero attached hydrogens (tertiary/aromatic N) is 5. The predicted octanol–water partition coefficient (Wildman–Crippen LogP) is 2.04. The zero-order valence-corrected chi connectivity index (χ0v) is 16.8. The number of piperazine rings is 1. The van der Waals surface area contributed by atoms with Gasteiger partial charge in [-0.05, 0) is 24.3 Å². The molecule has 9 heteroatoms. The summed E-state index contributed by atoms with van der Waals surface area (Å²) in [5, 5.41) is 6.66. The van der Waals surface area contributed by atoms with Crippen LogP contribution in [0, 0.1) is 0 Å². The van der Waals surface area contributed by atoms with E-state index >= 15 is 0 Å². The molecule has 1 aliphatic rings. The normalized spacial score (nSPS) is 14.0. The molecule has 3 aromatic heterocycles. The number of nitrogens with two attached hydrogens (primary N) is 1. The summed E-state index contributed by atoms with van der Waals surface area (Å²) in [6.07, 6.45) is 7.20. The number of anilines is 3. The molecule has 1 saturated heterocycles. The summed E-state index contributed by atoms with van der Waals surface area (Å²) >= 11 is 0. The van der Waals surface area contributed by atoms with Crippen LogP contribution in [0.15, 0.2) is 61.2 Å². The minimum atomic E-state index is -0.450. The van der Waals surface area contributed by atoms with Crippen LogP contribution in [-0.2, 0) is 0 Å². The molecular weight excluding hydrogens is 392 g/mol. The maximum atomic E-state index is 11.3. The second-order valence-electron chi connectivity index (χ2n) is 7.32. The number of carbonyl (C=O) groups excluding carboxylic acids is 1. The van der Waals surface area contributed by atoms with Gasteiger partial charge in [-0.1, -0.05) is 12.1 Å². The molecule has 5 rings (SSSR count). The maximum absolute atomic E-state index is 11.3. The van der Waals surface area contributed by atoms with Crippen LogP contribution in [0.2, 0.25) is 0 Å². The summed E-state index contributed by atoms with van der Waals surface area (Å²) in [5.41, 5.74) is 9.12. The number of nitrogens with one attached hydrogen (secondary N) is 2. The van der Waals surface area contributed by atoms with Crippen LogP contribution < -0.4 is 21.3 Å². The Morgan fingerprint density at radius 1 is 1.00 bits per heavy atom. The van der Waals surface area contributed by atoms with E-state index in [1.54, 1.807) is 24.5 Å². The van der Waals surface area contributed by atoms with E-state index in [1.807, 2.05) is 41.1 Å². The van der Waals surface area contributed by atoms with Gasteiger partial charge >= 0.3 is 0 Å². The third kappa shape index (κ3) is 3.78. The number of aromatic nitrogens is 4. The van der Waals surface area contributed by atoms with Gasteiger partial charge in [0, 0.05) is 49.7 Å². The Kier molecular flexibility index (Phi) is 4.93. The molecule has 4 N–H and O–H groups in total. The largest absolute Gasteiger partial charge is 0.366 e. The molecule has 4 heterocycles. The Bertz CT molecular complexity index is 1210. The number of hydrogen-bond donors (Lipinski definition) is 3. The SMILES string of the molecule is NC(=O)c1ccc(-c2cnc(Nc3ccc(N4CCNCC4)nc3)c3nccn23)cc1. The lowest BCUT2D eigenvalue weighted by Gasteiger charge is -2.28. The Labute approximate surface area is 179 Å². The molecule has 1 aliphatic heterocycles. The summed E-state index contributed by atoms with van der Waals surface area (Å²) in [4.78, 5) is 27.2. The zero-order chi connectivity index (χ0) is 21.2. The fraction of sp³-hybridized carbons (Fsp3) is 0.182. The van der Waals surface area contributed by atoms with Crippen LogP contribution in [0.25, 0.3) is 16.9 Å². The Balaban J connectivity index is 1.40. The molecule has 0 bridgehead atoms. The lowest BCUT2D eigenvalue weighted by molar-refractivity contribution is 0.100. The molecule has 0 saturated carbocycles. The zero-order valence-electron chi connectivity index (χ0n) is 16.8. The van der Waals surface area contributed by atoms with Crippen molar-refractivity contribution in [3.8, 4) is 11.3 Å². The fourth-order valence-electron chi connectivity index (χ4n) is 3.70. The highest BCUT2D eigenvalue weighted by molar-refractivity contribution is 5.93. The standard InChI is InChI=1S/C22H22N8O/c23-20(31)16-3-1-15(2-4-16)18-14-27-21(22-25-9-12-30(18)22)28-17-5-6-19(26-13-17)29-10-7-24-8-11-29/h1-6,9,12-14,24H,7-8,10-11H2,(H2,23,31)(H,27,28). The molecule has 1 aromatic carbocycles. The Hall–Kier alpha value is -3.98. The molecule has 0 spiro atoms. The maximum Gasteiger partial charge on any atom is 0.248 e. The molecule has 0 aliphatic carbocycles. The van der Waals surface area contributed by atoms with Crippen molar-refractivity contribution in [2.45, 2.75) is 0 Å². The van der Waals surface area contributed by atoms with Gasteiger partial charge in [0.2, 0.25) is 5.91 Å². The third-order valence-corrected chi connectivity index (χ3v) is 5.34. The molecule has 1 amide bonds. The van der Waals surface area contributed by atoms with Crippen molar-refractivity contribution < 1.29 is 4.79 Å². The number of rotatable bonds is 5. The first-order valence-corrected chi connectivity index (χ1v) is 10.1. The van der Waals surface area contributed by atoms with Crippen LogP contribution in [0.4, 0.5) is 17.3 Å². The van der Waals surface area contributed by atoms with Gasteiger partial charge in [0.1, 0.15) is 5.82 Å². The minimum absolute atomic E-state index is 0.450. The molecule has 31 heavy (non-hydrogen) atoms. The molecule has 0 unspecified atom stereocenters. The van der Waals surface area contributed by atoms with E-state index in [-0.39, 0.29) is 0 Å². The van der Waals surface area contributed by atoms with Gasteiger partial charge in [0.25, 0.3) is 0 Å². The number of fused-ring (bicyclic) bond motifs is 1. The van der Waals surface area contributed by atoms with E-state index < -0.39 is 5.91 Å². The Morgan fingerprint density at radius 3 is 2.52 bits per heavy atom. The summed E-state index contributed by atoms with van der Waals surface area (Å²) in [5.74, 6) is 1.16. The van der Waals surface area contributed by atoms with E-state index in [0.29, 0.717) is 17.0 Å². The molecule has 9 nitrogen and oxygen atoms in total. The van der Waals surface area contributed by atoms with Gasteiger partial charge in [-0.15, -0.1) is 0 Å². The number of carbonyl (C=O) groups is 1. The smallest absolute Gasteiger partial charge is 0.248 e. The van der Waals surface area contributed by atoms with Crippen molar-refractivity contribution in [1.29, 1.82) is 0 Å². The average Bonchev–Trinajstić information content (AvgIpc) is 3.31. The first-order valence-electron chi connectivity index (χ1n) is 10.1. The lowest BCUT2D eigenvalue weighted by atomic mass is 10.1. The van der Waals surface area contributed by atoms with Crippen LogP contribution >= 0.6 is 0 Å². The van der Waals surface area contributed by atoms with Crippen molar-refractivity contribution in [3.05, 3.63) is 66.7 Å². The molecule has 1 fully saturated rings. The van der Waals surface area contributed by atoms with E-state index in [2.05, 4.69) is 30.5 Å². The third-order valence-electron chi connectivity index (χ3n) is 5.34. The first kappa shape index (κ1) is 19.0. The quantitative estimate of drug-likeness (QED) is 0.458. The number of amides is 1. The van der Waals surface area contributed by atoms with Crippen LogP contribution in [0.1, 0.15) is 10.4 Å². The van der Waals surface area contributed by atoms with E-state index in [4.69, 9.17) is 5.73 Å². The summed E-state index contributed by atoms with van der Waals surface area (Å²) in [6, 6.07) is 11.1. The van der Waals surface area contributed by atoms with Gasteiger partial charge in [0.15, 0.2) is 11.5 Å². The lowest BCUT2D eigenvalue weighted by Crippen LogP contribution is -2.43. The van der Waals surface area contributed by atoms with Crippen LogP contribution in [0.3, 0.4) is 0 Å². The second-order valence-corrected chi connectivity index (χ2v) is 7.32. The van der Waals surface area contributed by atoms with E-state index in [9.17, 15) is 4.79 Å². The number of benzene rings is 1. The van der Waals surface area contributed by atoms with Gasteiger partial charge < -0.3 is 21.3 Å². The van der Waals surface area contributed by atoms with Crippen molar-refractivity contribution in [3.63, 3.8) is 0 Å². The molecule has 0 radical (unpaired) electrons. The van der Waals surface area contributed by atoms with E-state index in [0.717, 1.165) is 48.9 Å². The van der Waals surface area contributed by atoms with Crippen molar-refractivity contribution >= 4 is 28.9 Å². The minimum Gasteiger partial charge on any atom is -0.366 e. The molecule has 4 aromatic rings. The predicted molar refractivity (Wildman–Crippen MR) is 120 cm³/mol. The van der Waals surface area contributed by atoms with E-state index in [1.165, 1.54) is 0 Å². The van der Waals surface area contributed by atoms with Crippen molar-refractivity contribution in [2.75, 3.05) is 36.4 Å². The molecule has 156 valence electrons. The fourth-order valence-corrected chi connectivity index (χ4v) is 3.70. The monoisotopic (exact) mass is 414 g/mol.